The van der Waals surface area contributed by atoms with Gasteiger partial charge in [-0.3, -0.25) is 5.01 Å². The first-order valence-corrected chi connectivity index (χ1v) is 10.1. The SMILES string of the molecule is CC(C1=NS(=O)(=O)c2cc(I)ccc2N1N)C1CCCCC1. The molecule has 0 aromatic heterocycles. The van der Waals surface area contributed by atoms with Gasteiger partial charge in [-0.15, -0.1) is 4.40 Å². The van der Waals surface area contributed by atoms with Crippen LogP contribution in [0.4, 0.5) is 5.69 Å². The summed E-state index contributed by atoms with van der Waals surface area (Å²) in [6, 6.07) is 5.25. The summed E-state index contributed by atoms with van der Waals surface area (Å²) in [4.78, 5) is 0.196. The van der Waals surface area contributed by atoms with Gasteiger partial charge in [0.25, 0.3) is 10.0 Å². The fraction of sp³-hybridized carbons (Fsp3) is 0.533. The van der Waals surface area contributed by atoms with E-state index < -0.39 is 10.0 Å². The average molecular weight is 433 g/mol. The van der Waals surface area contributed by atoms with Gasteiger partial charge in [-0.2, -0.15) is 8.42 Å². The molecule has 120 valence electrons. The molecule has 3 rings (SSSR count). The van der Waals surface area contributed by atoms with E-state index in [1.54, 1.807) is 12.1 Å². The second-order valence-corrected chi connectivity index (χ2v) is 8.91. The van der Waals surface area contributed by atoms with Crippen LogP contribution in [-0.2, 0) is 10.0 Å². The molecular formula is C15H20IN3O2S. The van der Waals surface area contributed by atoms with E-state index >= 15 is 0 Å². The van der Waals surface area contributed by atoms with Crippen molar-refractivity contribution in [1.82, 2.24) is 0 Å². The van der Waals surface area contributed by atoms with E-state index in [0.29, 0.717) is 17.4 Å². The molecule has 1 fully saturated rings. The Balaban J connectivity index is 2.00. The largest absolute Gasteiger partial charge is 0.286 e. The molecule has 1 aliphatic carbocycles. The number of hydrogen-bond donors (Lipinski definition) is 1. The molecule has 1 atom stereocenters. The molecule has 0 radical (unpaired) electrons. The van der Waals surface area contributed by atoms with Crippen LogP contribution in [0.5, 0.6) is 0 Å². The molecule has 2 aliphatic rings. The van der Waals surface area contributed by atoms with Crippen molar-refractivity contribution in [2.24, 2.45) is 22.1 Å². The quantitative estimate of drug-likeness (QED) is 0.574. The van der Waals surface area contributed by atoms with Gasteiger partial charge in [0.05, 0.1) is 5.69 Å². The van der Waals surface area contributed by atoms with Crippen LogP contribution in [0.25, 0.3) is 0 Å². The van der Waals surface area contributed by atoms with Crippen LogP contribution in [-0.4, -0.2) is 14.3 Å². The lowest BCUT2D eigenvalue weighted by Crippen LogP contribution is -2.46. The second-order valence-electron chi connectivity index (χ2n) is 6.09. The van der Waals surface area contributed by atoms with E-state index in [4.69, 9.17) is 5.84 Å². The summed E-state index contributed by atoms with van der Waals surface area (Å²) in [5, 5.41) is 1.46. The maximum absolute atomic E-state index is 12.5. The third-order valence-corrected chi connectivity index (χ3v) is 6.67. The molecule has 22 heavy (non-hydrogen) atoms. The van der Waals surface area contributed by atoms with Crippen molar-refractivity contribution in [1.29, 1.82) is 0 Å². The number of halogens is 1. The third kappa shape index (κ3) is 2.90. The van der Waals surface area contributed by atoms with Gasteiger partial charge in [0, 0.05) is 9.49 Å². The lowest BCUT2D eigenvalue weighted by atomic mass is 9.80. The van der Waals surface area contributed by atoms with Gasteiger partial charge in [0.1, 0.15) is 10.7 Å². The Labute approximate surface area is 145 Å². The number of nitrogens with two attached hydrogens (primary N) is 1. The van der Waals surface area contributed by atoms with Crippen molar-refractivity contribution in [2.75, 3.05) is 5.01 Å². The molecule has 1 heterocycles. The zero-order valence-corrected chi connectivity index (χ0v) is 15.5. The number of fused-ring (bicyclic) bond motifs is 1. The van der Waals surface area contributed by atoms with Crippen LogP contribution in [0.3, 0.4) is 0 Å². The molecule has 1 aliphatic heterocycles. The predicted octanol–water partition coefficient (Wildman–Crippen LogP) is 3.29. The summed E-state index contributed by atoms with van der Waals surface area (Å²) in [6.45, 7) is 2.04. The van der Waals surface area contributed by atoms with Gasteiger partial charge in [0.2, 0.25) is 0 Å². The Kier molecular flexibility index (Phi) is 4.48. The monoisotopic (exact) mass is 433 g/mol. The van der Waals surface area contributed by atoms with Gasteiger partial charge in [-0.1, -0.05) is 26.2 Å². The first-order valence-electron chi connectivity index (χ1n) is 7.59. The molecule has 1 aromatic rings. The summed E-state index contributed by atoms with van der Waals surface area (Å²) in [6.07, 6.45) is 5.91. The van der Waals surface area contributed by atoms with Gasteiger partial charge >= 0.3 is 0 Å². The fourth-order valence-corrected chi connectivity index (χ4v) is 5.39. The molecule has 1 aromatic carbocycles. The fourth-order valence-electron chi connectivity index (χ4n) is 3.38. The Morgan fingerprint density at radius 3 is 2.68 bits per heavy atom. The van der Waals surface area contributed by atoms with E-state index in [9.17, 15) is 8.42 Å². The standard InChI is InChI=1S/C15H20IN3O2S/c1-10(11-5-3-2-4-6-11)15-18-22(20,21)14-9-12(16)7-8-13(14)19(15)17/h7-11H,2-6,17H2,1H3. The summed E-state index contributed by atoms with van der Waals surface area (Å²) < 4.78 is 29.9. The lowest BCUT2D eigenvalue weighted by Gasteiger charge is -2.34. The highest BCUT2D eigenvalue weighted by atomic mass is 127. The summed E-state index contributed by atoms with van der Waals surface area (Å²) in [7, 11) is -3.67. The van der Waals surface area contributed by atoms with Crippen molar-refractivity contribution >= 4 is 44.1 Å². The summed E-state index contributed by atoms with van der Waals surface area (Å²) in [5.74, 6) is 7.18. The zero-order chi connectivity index (χ0) is 15.9. The van der Waals surface area contributed by atoms with Crippen molar-refractivity contribution in [3.63, 3.8) is 0 Å². The van der Waals surface area contributed by atoms with Crippen LogP contribution in [0, 0.1) is 15.4 Å². The predicted molar refractivity (Wildman–Crippen MR) is 96.2 cm³/mol. The summed E-state index contributed by atoms with van der Waals surface area (Å²) in [5.41, 5.74) is 0.521. The molecule has 1 saturated carbocycles. The van der Waals surface area contributed by atoms with Crippen LogP contribution in [0.1, 0.15) is 39.0 Å². The second kappa shape index (κ2) is 6.09. The van der Waals surface area contributed by atoms with Crippen molar-refractivity contribution in [3.05, 3.63) is 21.8 Å². The minimum atomic E-state index is -3.67. The number of rotatable bonds is 2. The normalized spacial score (nSPS) is 22.9. The number of sulfonamides is 1. The highest BCUT2D eigenvalue weighted by Crippen LogP contribution is 2.36. The molecule has 0 amide bonds. The van der Waals surface area contributed by atoms with Crippen LogP contribution in [0.2, 0.25) is 0 Å². The highest BCUT2D eigenvalue weighted by Gasteiger charge is 2.35. The number of hydrazine groups is 1. The van der Waals surface area contributed by atoms with E-state index in [1.165, 1.54) is 24.3 Å². The maximum atomic E-state index is 12.5. The van der Waals surface area contributed by atoms with Gasteiger partial charge in [-0.25, -0.2) is 5.84 Å². The van der Waals surface area contributed by atoms with E-state index in [0.717, 1.165) is 16.4 Å². The van der Waals surface area contributed by atoms with Crippen LogP contribution in [0.15, 0.2) is 27.5 Å². The molecule has 5 nitrogen and oxygen atoms in total. The topological polar surface area (TPSA) is 75.8 Å². The number of nitrogens with zero attached hydrogens (tertiary/aromatic N) is 2. The average Bonchev–Trinajstić information content (AvgIpc) is 2.51. The molecule has 1 unspecified atom stereocenters. The van der Waals surface area contributed by atoms with E-state index in [1.807, 2.05) is 13.0 Å². The van der Waals surface area contributed by atoms with Gasteiger partial charge < -0.3 is 0 Å². The molecular weight excluding hydrogens is 413 g/mol. The van der Waals surface area contributed by atoms with Crippen molar-refractivity contribution < 1.29 is 8.42 Å². The van der Waals surface area contributed by atoms with Crippen molar-refractivity contribution in [2.45, 2.75) is 43.9 Å². The third-order valence-electron chi connectivity index (χ3n) is 4.68. The first kappa shape index (κ1) is 16.2. The number of hydrogen-bond acceptors (Lipinski definition) is 4. The van der Waals surface area contributed by atoms with Crippen molar-refractivity contribution in [3.8, 4) is 0 Å². The minimum absolute atomic E-state index is 0.0486. The lowest BCUT2D eigenvalue weighted by molar-refractivity contribution is 0.310. The van der Waals surface area contributed by atoms with E-state index in [2.05, 4.69) is 27.0 Å². The summed E-state index contributed by atoms with van der Waals surface area (Å²) >= 11 is 2.09. The molecule has 0 bridgehead atoms. The Morgan fingerprint density at radius 1 is 1.32 bits per heavy atom. The highest BCUT2D eigenvalue weighted by molar-refractivity contribution is 14.1. The first-order chi connectivity index (χ1) is 10.4. The van der Waals surface area contributed by atoms with Gasteiger partial charge in [-0.05, 0) is 59.5 Å². The molecule has 7 heteroatoms. The van der Waals surface area contributed by atoms with Crippen LogP contribution >= 0.6 is 22.6 Å². The molecule has 2 N–H and O–H groups in total. The molecule has 0 spiro atoms. The number of benzene rings is 1. The van der Waals surface area contributed by atoms with Crippen LogP contribution < -0.4 is 10.9 Å². The minimum Gasteiger partial charge on any atom is -0.264 e. The zero-order valence-electron chi connectivity index (χ0n) is 12.5. The Hall–Kier alpha value is -0.670. The Bertz CT molecular complexity index is 711. The maximum Gasteiger partial charge on any atom is 0.286 e. The Morgan fingerprint density at radius 2 is 2.00 bits per heavy atom. The van der Waals surface area contributed by atoms with E-state index in [-0.39, 0.29) is 10.8 Å². The molecule has 0 saturated heterocycles. The smallest absolute Gasteiger partial charge is 0.264 e. The number of anilines is 1. The van der Waals surface area contributed by atoms with Gasteiger partial charge in [0.15, 0.2) is 0 Å². The number of amidine groups is 1.